The lowest BCUT2D eigenvalue weighted by molar-refractivity contribution is -0.275. The van der Waals surface area contributed by atoms with Gasteiger partial charge in [0.15, 0.2) is 5.17 Å². The van der Waals surface area contributed by atoms with E-state index < -0.39 is 23.7 Å². The number of ether oxygens (including phenoxy) is 2. The van der Waals surface area contributed by atoms with E-state index >= 15 is 0 Å². The third kappa shape index (κ3) is 3.83. The number of carbonyl (C=O) groups is 1. The summed E-state index contributed by atoms with van der Waals surface area (Å²) in [6, 6.07) is 3.82. The van der Waals surface area contributed by atoms with Crippen molar-refractivity contribution in [1.82, 2.24) is 5.32 Å². The predicted octanol–water partition coefficient (Wildman–Crippen LogP) is 2.77. The molecule has 1 amide bonds. The number of hydrogen-bond acceptors (Lipinski definition) is 6. The molecule has 26 heavy (non-hydrogen) atoms. The second-order valence-electron chi connectivity index (χ2n) is 5.92. The van der Waals surface area contributed by atoms with Crippen LogP contribution in [0.1, 0.15) is 12.0 Å². The average molecular weight is 391 g/mol. The molecule has 2 aliphatic heterocycles. The molecule has 1 aromatic carbocycles. The molecule has 11 heteroatoms. The lowest BCUT2D eigenvalue weighted by Crippen LogP contribution is -2.49. The lowest BCUT2D eigenvalue weighted by Gasteiger charge is -2.44. The van der Waals surface area contributed by atoms with Gasteiger partial charge in [-0.25, -0.2) is 9.79 Å². The van der Waals surface area contributed by atoms with Gasteiger partial charge in [-0.15, -0.1) is 13.2 Å². The van der Waals surface area contributed by atoms with Gasteiger partial charge in [0.2, 0.25) is 0 Å². The van der Waals surface area contributed by atoms with E-state index in [-0.39, 0.29) is 28.9 Å². The summed E-state index contributed by atoms with van der Waals surface area (Å²) in [7, 11) is 0. The van der Waals surface area contributed by atoms with E-state index in [0.29, 0.717) is 18.8 Å². The molecule has 0 saturated carbocycles. The van der Waals surface area contributed by atoms with Crippen molar-refractivity contribution in [2.24, 2.45) is 10.9 Å². The van der Waals surface area contributed by atoms with E-state index in [0.717, 1.165) is 6.07 Å². The summed E-state index contributed by atoms with van der Waals surface area (Å²) in [6.07, 6.45) is -5.63. The smallest absolute Gasteiger partial charge is 0.465 e. The lowest BCUT2D eigenvalue weighted by atomic mass is 9.76. The minimum absolute atomic E-state index is 0.000691. The Morgan fingerprint density at radius 2 is 2.27 bits per heavy atom. The monoisotopic (exact) mass is 391 g/mol. The van der Waals surface area contributed by atoms with Crippen LogP contribution in [0.3, 0.4) is 0 Å². The zero-order valence-electron chi connectivity index (χ0n) is 13.4. The highest BCUT2D eigenvalue weighted by atomic mass is 32.2. The summed E-state index contributed by atoms with van der Waals surface area (Å²) < 4.78 is 48.2. The zero-order chi connectivity index (χ0) is 18.9. The number of nitrogens with one attached hydrogen (secondary N) is 1. The third-order valence-electron chi connectivity index (χ3n) is 4.24. The minimum atomic E-state index is -4.89. The highest BCUT2D eigenvalue weighted by Crippen LogP contribution is 2.48. The maximum Gasteiger partial charge on any atom is 0.573 e. The number of nitrogens with two attached hydrogens (primary N) is 1. The first kappa shape index (κ1) is 18.6. The molecule has 1 aromatic rings. The van der Waals surface area contributed by atoms with Crippen molar-refractivity contribution in [3.05, 3.63) is 23.8 Å². The molecule has 0 radical (unpaired) electrons. The first-order valence-electron chi connectivity index (χ1n) is 7.66. The number of rotatable bonds is 2. The Bertz CT molecular complexity index is 743. The van der Waals surface area contributed by atoms with E-state index in [4.69, 9.17) is 15.6 Å². The maximum atomic E-state index is 12.8. The molecule has 3 rings (SSSR count). The van der Waals surface area contributed by atoms with Gasteiger partial charge in [-0.2, -0.15) is 0 Å². The normalized spacial score (nSPS) is 25.8. The summed E-state index contributed by atoms with van der Waals surface area (Å²) in [4.78, 5) is 15.4. The van der Waals surface area contributed by atoms with E-state index in [1.165, 1.54) is 23.9 Å². The van der Waals surface area contributed by atoms with Crippen molar-refractivity contribution < 1.29 is 32.5 Å². The van der Waals surface area contributed by atoms with Crippen molar-refractivity contribution in [2.75, 3.05) is 24.7 Å². The van der Waals surface area contributed by atoms with Crippen LogP contribution in [0.4, 0.5) is 23.7 Å². The van der Waals surface area contributed by atoms with Gasteiger partial charge in [0.1, 0.15) is 11.3 Å². The number of amides is 1. The van der Waals surface area contributed by atoms with Crippen molar-refractivity contribution in [3.8, 4) is 5.75 Å². The molecule has 2 aliphatic rings. The molecule has 0 spiro atoms. The highest BCUT2D eigenvalue weighted by Gasteiger charge is 2.48. The Morgan fingerprint density at radius 1 is 1.50 bits per heavy atom. The summed E-state index contributed by atoms with van der Waals surface area (Å²) in [5.41, 5.74) is 4.95. The molecule has 0 unspecified atom stereocenters. The molecule has 2 heterocycles. The van der Waals surface area contributed by atoms with Gasteiger partial charge in [0, 0.05) is 29.5 Å². The second kappa shape index (κ2) is 6.88. The summed E-state index contributed by atoms with van der Waals surface area (Å²) in [5.74, 6) is -0.103. The topological polar surface area (TPSA) is 106 Å². The summed E-state index contributed by atoms with van der Waals surface area (Å²) in [6.45, 7) is 0.447. The molecule has 1 fully saturated rings. The van der Waals surface area contributed by atoms with Crippen LogP contribution in [0.2, 0.25) is 0 Å². The van der Waals surface area contributed by atoms with Crippen molar-refractivity contribution in [2.45, 2.75) is 18.3 Å². The minimum Gasteiger partial charge on any atom is -0.465 e. The van der Waals surface area contributed by atoms with Crippen LogP contribution in [0.15, 0.2) is 23.2 Å². The number of halogens is 3. The number of fused-ring (bicyclic) bond motifs is 1. The second-order valence-corrected chi connectivity index (χ2v) is 6.93. The maximum absolute atomic E-state index is 12.8. The number of benzene rings is 1. The SMILES string of the molecule is Nc1ccc(OC(F)(F)F)c([C@]23COCC[C@H]2CSC(NC(=O)O)=N3)c1. The molecule has 7 nitrogen and oxygen atoms in total. The van der Waals surface area contributed by atoms with Gasteiger partial charge in [0.25, 0.3) is 0 Å². The quantitative estimate of drug-likeness (QED) is 0.670. The van der Waals surface area contributed by atoms with Crippen LogP contribution < -0.4 is 15.8 Å². The van der Waals surface area contributed by atoms with E-state index in [1.807, 2.05) is 0 Å². The standard InChI is InChI=1S/C15H16F3N3O4S/c16-15(17,18)25-11-2-1-9(19)5-10(11)14-7-24-4-3-8(14)6-26-12(21-14)20-13(22)23/h1-2,5,8H,3-4,6-7,19H2,(H,20,21)(H,22,23)/t8-,14-/m0/s1. The van der Waals surface area contributed by atoms with Gasteiger partial charge in [-0.3, -0.25) is 5.32 Å². The number of hydrogen-bond donors (Lipinski definition) is 3. The fourth-order valence-corrected chi connectivity index (χ4v) is 4.35. The highest BCUT2D eigenvalue weighted by molar-refractivity contribution is 8.13. The van der Waals surface area contributed by atoms with Crippen LogP contribution in [0.5, 0.6) is 5.75 Å². The fourth-order valence-electron chi connectivity index (χ4n) is 3.16. The Labute approximate surface area is 150 Å². The number of aliphatic imine (C=N–C) groups is 1. The molecule has 4 N–H and O–H groups in total. The Kier molecular flexibility index (Phi) is 4.93. The molecule has 0 aliphatic carbocycles. The molecule has 1 saturated heterocycles. The van der Waals surface area contributed by atoms with Crippen molar-refractivity contribution >= 4 is 28.7 Å². The largest absolute Gasteiger partial charge is 0.573 e. The van der Waals surface area contributed by atoms with Gasteiger partial charge in [-0.1, -0.05) is 11.8 Å². The van der Waals surface area contributed by atoms with E-state index in [2.05, 4.69) is 15.0 Å². The first-order chi connectivity index (χ1) is 12.2. The Morgan fingerprint density at radius 3 is 2.96 bits per heavy atom. The molecule has 142 valence electrons. The fraction of sp³-hybridized carbons (Fsp3) is 0.467. The van der Waals surface area contributed by atoms with Gasteiger partial charge in [0.05, 0.1) is 6.61 Å². The zero-order valence-corrected chi connectivity index (χ0v) is 14.2. The first-order valence-corrected chi connectivity index (χ1v) is 8.64. The third-order valence-corrected chi connectivity index (χ3v) is 5.28. The van der Waals surface area contributed by atoms with E-state index in [9.17, 15) is 18.0 Å². The number of nitrogen functional groups attached to an aromatic ring is 1. The average Bonchev–Trinajstić information content (AvgIpc) is 2.54. The van der Waals surface area contributed by atoms with Crippen molar-refractivity contribution in [3.63, 3.8) is 0 Å². The summed E-state index contributed by atoms with van der Waals surface area (Å²) in [5, 5.41) is 11.2. The number of alkyl halides is 3. The molecular weight excluding hydrogens is 375 g/mol. The van der Waals surface area contributed by atoms with Crippen LogP contribution in [0, 0.1) is 5.92 Å². The Hall–Kier alpha value is -2.14. The molecular formula is C15H16F3N3O4S. The number of nitrogens with zero attached hydrogens (tertiary/aromatic N) is 1. The number of thioether (sulfide) groups is 1. The van der Waals surface area contributed by atoms with Crippen LogP contribution in [0.25, 0.3) is 0 Å². The van der Waals surface area contributed by atoms with Crippen molar-refractivity contribution in [1.29, 1.82) is 0 Å². The van der Waals surface area contributed by atoms with Gasteiger partial charge in [-0.05, 0) is 24.6 Å². The van der Waals surface area contributed by atoms with Crippen LogP contribution in [-0.4, -0.2) is 41.7 Å². The molecule has 0 aromatic heterocycles. The van der Waals surface area contributed by atoms with Crippen LogP contribution in [-0.2, 0) is 10.3 Å². The van der Waals surface area contributed by atoms with Gasteiger partial charge < -0.3 is 20.3 Å². The molecule has 0 bridgehead atoms. The number of carboxylic acid groups (broad SMARTS) is 1. The van der Waals surface area contributed by atoms with E-state index in [1.54, 1.807) is 0 Å². The Balaban J connectivity index is 2.13. The van der Waals surface area contributed by atoms with Crippen LogP contribution >= 0.6 is 11.8 Å². The van der Waals surface area contributed by atoms with Gasteiger partial charge >= 0.3 is 12.5 Å². The molecule has 2 atom stereocenters. The predicted molar refractivity (Wildman–Crippen MR) is 89.2 cm³/mol. The number of anilines is 1. The number of amidine groups is 1. The summed E-state index contributed by atoms with van der Waals surface area (Å²) >= 11 is 1.20.